The molecule has 0 saturated heterocycles. The van der Waals surface area contributed by atoms with Crippen LogP contribution >= 0.6 is 22.9 Å². The number of benzene rings is 1. The molecule has 0 aliphatic carbocycles. The Hall–Kier alpha value is -0.940. The molecule has 2 rings (SSSR count). The predicted molar refractivity (Wildman–Crippen MR) is 82.0 cm³/mol. The van der Waals surface area contributed by atoms with Gasteiger partial charge in [-0.25, -0.2) is 4.39 Å². The molecule has 0 bridgehead atoms. The van der Waals surface area contributed by atoms with E-state index in [0.717, 1.165) is 15.3 Å². The second kappa shape index (κ2) is 6.22. The summed E-state index contributed by atoms with van der Waals surface area (Å²) in [7, 11) is 0. The Balaban J connectivity index is 2.39. The zero-order valence-corrected chi connectivity index (χ0v) is 12.9. The number of hydrogen-bond donors (Lipinski definition) is 2. The summed E-state index contributed by atoms with van der Waals surface area (Å²) in [5.41, 5.74) is 7.22. The van der Waals surface area contributed by atoms with Crippen LogP contribution in [-0.2, 0) is 0 Å². The first-order chi connectivity index (χ1) is 9.45. The Morgan fingerprint density at radius 1 is 1.40 bits per heavy atom. The van der Waals surface area contributed by atoms with Crippen LogP contribution in [0.15, 0.2) is 24.3 Å². The highest BCUT2D eigenvalue weighted by Crippen LogP contribution is 2.37. The summed E-state index contributed by atoms with van der Waals surface area (Å²) >= 11 is 7.31. The van der Waals surface area contributed by atoms with Crippen LogP contribution in [0.4, 0.5) is 4.39 Å². The van der Waals surface area contributed by atoms with Crippen molar-refractivity contribution in [2.45, 2.75) is 25.9 Å². The van der Waals surface area contributed by atoms with Crippen LogP contribution in [0.2, 0.25) is 5.02 Å². The summed E-state index contributed by atoms with van der Waals surface area (Å²) in [5.74, 6) is -1.01. The largest absolute Gasteiger partial charge is 0.387 e. The van der Waals surface area contributed by atoms with E-state index in [0.29, 0.717) is 5.56 Å². The average molecular weight is 314 g/mol. The van der Waals surface area contributed by atoms with Crippen molar-refractivity contribution in [3.05, 3.63) is 56.0 Å². The van der Waals surface area contributed by atoms with Gasteiger partial charge in [-0.3, -0.25) is 0 Å². The Morgan fingerprint density at radius 3 is 2.65 bits per heavy atom. The number of aryl methyl sites for hydroxylation is 2. The molecule has 0 spiro atoms. The molecule has 0 aliphatic rings. The average Bonchev–Trinajstić information content (AvgIpc) is 2.75. The summed E-state index contributed by atoms with van der Waals surface area (Å²) in [5, 5.41) is 10.6. The third-order valence-electron chi connectivity index (χ3n) is 3.49. The van der Waals surface area contributed by atoms with Gasteiger partial charge in [-0.05, 0) is 37.1 Å². The number of hydrogen-bond acceptors (Lipinski definition) is 3. The molecule has 0 radical (unpaired) electrons. The van der Waals surface area contributed by atoms with Crippen LogP contribution < -0.4 is 5.73 Å². The number of aliphatic hydroxyl groups is 1. The third-order valence-corrected chi connectivity index (χ3v) is 5.01. The molecule has 108 valence electrons. The lowest BCUT2D eigenvalue weighted by Crippen LogP contribution is -2.20. The quantitative estimate of drug-likeness (QED) is 0.898. The molecular weight excluding hydrogens is 297 g/mol. The van der Waals surface area contributed by atoms with E-state index in [1.165, 1.54) is 17.4 Å². The van der Waals surface area contributed by atoms with Gasteiger partial charge in [0.2, 0.25) is 0 Å². The maximum Gasteiger partial charge on any atom is 0.145 e. The van der Waals surface area contributed by atoms with Crippen LogP contribution in [0.25, 0.3) is 0 Å². The van der Waals surface area contributed by atoms with Crippen molar-refractivity contribution in [1.29, 1.82) is 0 Å². The predicted octanol–water partition coefficient (Wildman–Crippen LogP) is 3.93. The van der Waals surface area contributed by atoms with Crippen molar-refractivity contribution in [2.24, 2.45) is 5.73 Å². The molecule has 0 aliphatic heterocycles. The summed E-state index contributed by atoms with van der Waals surface area (Å²) in [6, 6.07) is 6.70. The van der Waals surface area contributed by atoms with Crippen LogP contribution in [0.3, 0.4) is 0 Å². The van der Waals surface area contributed by atoms with Gasteiger partial charge in [0.15, 0.2) is 0 Å². The zero-order chi connectivity index (χ0) is 14.9. The van der Waals surface area contributed by atoms with Gasteiger partial charge in [-0.15, -0.1) is 11.3 Å². The van der Waals surface area contributed by atoms with Gasteiger partial charge in [0, 0.05) is 22.2 Å². The van der Waals surface area contributed by atoms with Gasteiger partial charge in [-0.1, -0.05) is 23.7 Å². The monoisotopic (exact) mass is 313 g/mol. The van der Waals surface area contributed by atoms with Gasteiger partial charge < -0.3 is 10.8 Å². The first kappa shape index (κ1) is 15.4. The van der Waals surface area contributed by atoms with Gasteiger partial charge in [0.05, 0.1) is 11.1 Å². The smallest absolute Gasteiger partial charge is 0.145 e. The lowest BCUT2D eigenvalue weighted by atomic mass is 9.92. The Morgan fingerprint density at radius 2 is 2.10 bits per heavy atom. The van der Waals surface area contributed by atoms with Crippen molar-refractivity contribution < 1.29 is 9.50 Å². The van der Waals surface area contributed by atoms with Crippen molar-refractivity contribution in [2.75, 3.05) is 6.54 Å². The van der Waals surface area contributed by atoms with Crippen LogP contribution in [0.5, 0.6) is 0 Å². The summed E-state index contributed by atoms with van der Waals surface area (Å²) in [6.45, 7) is 4.13. The molecule has 5 heteroatoms. The van der Waals surface area contributed by atoms with E-state index in [1.807, 2.05) is 19.9 Å². The second-order valence-corrected chi connectivity index (χ2v) is 6.51. The molecule has 0 saturated carbocycles. The number of aliphatic hydroxyl groups excluding tert-OH is 1. The minimum atomic E-state index is -0.828. The fourth-order valence-corrected chi connectivity index (χ4v) is 3.45. The summed E-state index contributed by atoms with van der Waals surface area (Å²) in [4.78, 5) is 1.94. The third kappa shape index (κ3) is 2.88. The van der Waals surface area contributed by atoms with Crippen LogP contribution in [0.1, 0.15) is 32.9 Å². The lowest BCUT2D eigenvalue weighted by molar-refractivity contribution is 0.149. The molecule has 1 aromatic carbocycles. The maximum absolute atomic E-state index is 14.1. The molecule has 2 nitrogen and oxygen atoms in total. The Labute approximate surface area is 127 Å². The maximum atomic E-state index is 14.1. The van der Waals surface area contributed by atoms with E-state index < -0.39 is 17.8 Å². The van der Waals surface area contributed by atoms with Crippen molar-refractivity contribution >= 4 is 22.9 Å². The molecule has 2 unspecified atom stereocenters. The lowest BCUT2D eigenvalue weighted by Gasteiger charge is -2.21. The van der Waals surface area contributed by atoms with E-state index >= 15 is 0 Å². The molecular formula is C15H17ClFNOS. The molecule has 1 heterocycles. The highest BCUT2D eigenvalue weighted by Gasteiger charge is 2.26. The van der Waals surface area contributed by atoms with Crippen molar-refractivity contribution in [3.63, 3.8) is 0 Å². The fourth-order valence-electron chi connectivity index (χ4n) is 2.18. The molecule has 0 amide bonds. The second-order valence-electron chi connectivity index (χ2n) is 4.82. The summed E-state index contributed by atoms with van der Waals surface area (Å²) in [6.07, 6.45) is -0.828. The first-order valence-electron chi connectivity index (χ1n) is 6.34. The van der Waals surface area contributed by atoms with Gasteiger partial charge in [0.1, 0.15) is 5.82 Å². The molecule has 2 aromatic rings. The number of rotatable bonds is 4. The number of nitrogens with two attached hydrogens (primary N) is 1. The Bertz CT molecular complexity index is 594. The van der Waals surface area contributed by atoms with Gasteiger partial charge >= 0.3 is 0 Å². The number of halogens is 2. The normalized spacial score (nSPS) is 14.3. The van der Waals surface area contributed by atoms with Crippen LogP contribution in [0, 0.1) is 19.7 Å². The van der Waals surface area contributed by atoms with E-state index in [2.05, 4.69) is 0 Å². The number of thiophene rings is 1. The zero-order valence-electron chi connectivity index (χ0n) is 11.4. The van der Waals surface area contributed by atoms with E-state index in [4.69, 9.17) is 17.3 Å². The molecule has 3 N–H and O–H groups in total. The minimum Gasteiger partial charge on any atom is -0.387 e. The summed E-state index contributed by atoms with van der Waals surface area (Å²) < 4.78 is 14.1. The van der Waals surface area contributed by atoms with E-state index in [1.54, 1.807) is 12.1 Å². The SMILES string of the molecule is Cc1cc(C(O)C(CN)c2cccc(Cl)c2F)sc1C. The topological polar surface area (TPSA) is 46.2 Å². The molecule has 0 fully saturated rings. The van der Waals surface area contributed by atoms with Gasteiger partial charge in [0.25, 0.3) is 0 Å². The molecule has 2 atom stereocenters. The Kier molecular flexibility index (Phi) is 4.81. The highest BCUT2D eigenvalue weighted by atomic mass is 35.5. The van der Waals surface area contributed by atoms with E-state index in [9.17, 15) is 9.50 Å². The van der Waals surface area contributed by atoms with E-state index in [-0.39, 0.29) is 11.6 Å². The van der Waals surface area contributed by atoms with Crippen molar-refractivity contribution in [3.8, 4) is 0 Å². The molecule has 1 aromatic heterocycles. The standard InChI is InChI=1S/C15H17ClFNOS/c1-8-6-13(20-9(8)2)15(19)11(7-18)10-4-3-5-12(16)14(10)17/h3-6,11,15,19H,7,18H2,1-2H3. The van der Waals surface area contributed by atoms with Crippen LogP contribution in [-0.4, -0.2) is 11.7 Å². The first-order valence-corrected chi connectivity index (χ1v) is 7.54. The van der Waals surface area contributed by atoms with Crippen molar-refractivity contribution in [1.82, 2.24) is 0 Å². The minimum absolute atomic E-state index is 0.0479. The highest BCUT2D eigenvalue weighted by molar-refractivity contribution is 7.12. The van der Waals surface area contributed by atoms with Gasteiger partial charge in [-0.2, -0.15) is 0 Å². The fraction of sp³-hybridized carbons (Fsp3) is 0.333. The molecule has 20 heavy (non-hydrogen) atoms.